The molecule has 1 rings (SSSR count). The topological polar surface area (TPSA) is 47.3 Å². The number of hydrogen-bond acceptors (Lipinski definition) is 3. The van der Waals surface area contributed by atoms with E-state index in [9.17, 15) is 4.39 Å². The highest BCUT2D eigenvalue weighted by Gasteiger charge is 2.07. The van der Waals surface area contributed by atoms with Gasteiger partial charge in [0, 0.05) is 20.2 Å². The largest absolute Gasteiger partial charge is 0.396 e. The maximum Gasteiger partial charge on any atom is 0.124 e. The van der Waals surface area contributed by atoms with Crippen molar-refractivity contribution in [2.45, 2.75) is 19.3 Å². The molecule has 1 N–H and O–H groups in total. The molecule has 17 heavy (non-hydrogen) atoms. The minimum Gasteiger partial charge on any atom is -0.396 e. The van der Waals surface area contributed by atoms with Crippen molar-refractivity contribution in [3.05, 3.63) is 29.6 Å². The summed E-state index contributed by atoms with van der Waals surface area (Å²) in [5, 5.41) is 17.6. The van der Waals surface area contributed by atoms with Crippen LogP contribution >= 0.6 is 0 Å². The van der Waals surface area contributed by atoms with Gasteiger partial charge in [0.25, 0.3) is 0 Å². The van der Waals surface area contributed by atoms with Crippen molar-refractivity contribution in [1.29, 1.82) is 5.26 Å². The minimum absolute atomic E-state index is 0.212. The van der Waals surface area contributed by atoms with Crippen molar-refractivity contribution in [3.63, 3.8) is 0 Å². The monoisotopic (exact) mass is 236 g/mol. The number of rotatable bonds is 6. The zero-order valence-corrected chi connectivity index (χ0v) is 9.99. The Morgan fingerprint density at radius 2 is 2.12 bits per heavy atom. The fraction of sp³-hybridized carbons (Fsp3) is 0.462. The molecule has 0 fully saturated rings. The zero-order chi connectivity index (χ0) is 12.7. The van der Waals surface area contributed by atoms with Gasteiger partial charge in [-0.05, 0) is 37.5 Å². The van der Waals surface area contributed by atoms with Crippen LogP contribution in [0.15, 0.2) is 18.2 Å². The van der Waals surface area contributed by atoms with E-state index in [1.165, 1.54) is 12.1 Å². The van der Waals surface area contributed by atoms with Crippen LogP contribution in [0.4, 0.5) is 10.1 Å². The fourth-order valence-electron chi connectivity index (χ4n) is 1.69. The van der Waals surface area contributed by atoms with Crippen LogP contribution < -0.4 is 4.90 Å². The van der Waals surface area contributed by atoms with Gasteiger partial charge in [0.15, 0.2) is 0 Å². The number of nitrogens with zero attached hydrogens (tertiary/aromatic N) is 2. The van der Waals surface area contributed by atoms with E-state index in [1.807, 2.05) is 18.0 Å². The number of nitriles is 1. The maximum atomic E-state index is 13.0. The second-order valence-electron chi connectivity index (χ2n) is 3.98. The quantitative estimate of drug-likeness (QED) is 0.771. The molecule has 0 saturated heterocycles. The lowest BCUT2D eigenvalue weighted by Gasteiger charge is -2.20. The SMILES string of the molecule is CN(CCCCCO)c1ccc(F)cc1C#N. The van der Waals surface area contributed by atoms with Gasteiger partial charge in [-0.2, -0.15) is 5.26 Å². The molecule has 0 atom stereocenters. The molecule has 0 spiro atoms. The van der Waals surface area contributed by atoms with Crippen LogP contribution in [0.3, 0.4) is 0 Å². The van der Waals surface area contributed by atoms with Gasteiger partial charge in [-0.1, -0.05) is 0 Å². The first-order chi connectivity index (χ1) is 8.19. The smallest absolute Gasteiger partial charge is 0.124 e. The van der Waals surface area contributed by atoms with Crippen LogP contribution in [-0.2, 0) is 0 Å². The number of aliphatic hydroxyl groups excluding tert-OH is 1. The van der Waals surface area contributed by atoms with E-state index in [-0.39, 0.29) is 12.4 Å². The van der Waals surface area contributed by atoms with Crippen LogP contribution in [0.25, 0.3) is 0 Å². The Bertz CT molecular complexity index is 401. The molecule has 0 aliphatic carbocycles. The molecule has 1 aromatic carbocycles. The second kappa shape index (κ2) is 6.87. The summed E-state index contributed by atoms with van der Waals surface area (Å²) in [5.74, 6) is -0.390. The molecule has 0 aromatic heterocycles. The molecule has 0 saturated carbocycles. The lowest BCUT2D eigenvalue weighted by Crippen LogP contribution is -2.19. The van der Waals surface area contributed by atoms with E-state index in [1.54, 1.807) is 6.07 Å². The summed E-state index contributed by atoms with van der Waals surface area (Å²) in [4.78, 5) is 1.94. The minimum atomic E-state index is -0.390. The van der Waals surface area contributed by atoms with E-state index in [4.69, 9.17) is 10.4 Å². The highest BCUT2D eigenvalue weighted by Crippen LogP contribution is 2.20. The average Bonchev–Trinajstić information content (AvgIpc) is 2.34. The highest BCUT2D eigenvalue weighted by molar-refractivity contribution is 5.58. The van der Waals surface area contributed by atoms with Gasteiger partial charge >= 0.3 is 0 Å². The maximum absolute atomic E-state index is 13.0. The van der Waals surface area contributed by atoms with E-state index in [0.29, 0.717) is 5.56 Å². The predicted molar refractivity (Wildman–Crippen MR) is 65.3 cm³/mol. The molecule has 0 aliphatic heterocycles. The Morgan fingerprint density at radius 1 is 1.35 bits per heavy atom. The summed E-state index contributed by atoms with van der Waals surface area (Å²) in [6.45, 7) is 1.00. The number of benzene rings is 1. The molecular formula is C13H17FN2O. The van der Waals surface area contributed by atoms with Gasteiger partial charge < -0.3 is 10.0 Å². The Hall–Kier alpha value is -1.60. The number of unbranched alkanes of at least 4 members (excludes halogenated alkanes) is 2. The fourth-order valence-corrected chi connectivity index (χ4v) is 1.69. The molecule has 0 radical (unpaired) electrons. The van der Waals surface area contributed by atoms with E-state index in [2.05, 4.69) is 0 Å². The highest BCUT2D eigenvalue weighted by atomic mass is 19.1. The van der Waals surface area contributed by atoms with Crippen molar-refractivity contribution in [1.82, 2.24) is 0 Å². The third kappa shape index (κ3) is 4.04. The van der Waals surface area contributed by atoms with Crippen molar-refractivity contribution in [2.75, 3.05) is 25.1 Å². The summed E-state index contributed by atoms with van der Waals surface area (Å²) in [6.07, 6.45) is 2.69. The molecule has 0 bridgehead atoms. The molecule has 0 aliphatic rings. The van der Waals surface area contributed by atoms with Crippen LogP contribution in [0.5, 0.6) is 0 Å². The lowest BCUT2D eigenvalue weighted by molar-refractivity contribution is 0.283. The summed E-state index contributed by atoms with van der Waals surface area (Å²) in [7, 11) is 1.88. The van der Waals surface area contributed by atoms with Gasteiger partial charge in [0.1, 0.15) is 11.9 Å². The van der Waals surface area contributed by atoms with Crippen LogP contribution in [0.2, 0.25) is 0 Å². The number of anilines is 1. The van der Waals surface area contributed by atoms with Gasteiger partial charge in [-0.25, -0.2) is 4.39 Å². The van der Waals surface area contributed by atoms with Crippen LogP contribution in [0.1, 0.15) is 24.8 Å². The van der Waals surface area contributed by atoms with Gasteiger partial charge in [0.2, 0.25) is 0 Å². The Balaban J connectivity index is 2.62. The number of hydrogen-bond donors (Lipinski definition) is 1. The third-order valence-electron chi connectivity index (χ3n) is 2.64. The van der Waals surface area contributed by atoms with Crippen LogP contribution in [-0.4, -0.2) is 25.3 Å². The van der Waals surface area contributed by atoms with Gasteiger partial charge in [-0.3, -0.25) is 0 Å². The summed E-state index contributed by atoms with van der Waals surface area (Å²) in [6, 6.07) is 6.23. The number of halogens is 1. The third-order valence-corrected chi connectivity index (χ3v) is 2.64. The normalized spacial score (nSPS) is 10.0. The first-order valence-corrected chi connectivity index (χ1v) is 5.70. The Labute approximate surface area is 101 Å². The van der Waals surface area contributed by atoms with E-state index in [0.717, 1.165) is 31.5 Å². The molecule has 92 valence electrons. The van der Waals surface area contributed by atoms with Crippen molar-refractivity contribution in [2.24, 2.45) is 0 Å². The van der Waals surface area contributed by atoms with Crippen LogP contribution in [0, 0.1) is 17.1 Å². The summed E-state index contributed by atoms with van der Waals surface area (Å²) < 4.78 is 13.0. The van der Waals surface area contributed by atoms with Crippen molar-refractivity contribution >= 4 is 5.69 Å². The van der Waals surface area contributed by atoms with Gasteiger partial charge in [-0.15, -0.1) is 0 Å². The molecule has 0 amide bonds. The molecule has 0 unspecified atom stereocenters. The Kier molecular flexibility index (Phi) is 5.44. The molecule has 3 nitrogen and oxygen atoms in total. The van der Waals surface area contributed by atoms with E-state index >= 15 is 0 Å². The first-order valence-electron chi connectivity index (χ1n) is 5.70. The van der Waals surface area contributed by atoms with Crippen molar-refractivity contribution in [3.8, 4) is 6.07 Å². The molecular weight excluding hydrogens is 219 g/mol. The van der Waals surface area contributed by atoms with E-state index < -0.39 is 0 Å². The molecule has 4 heteroatoms. The summed E-state index contributed by atoms with van der Waals surface area (Å²) >= 11 is 0. The molecule has 1 aromatic rings. The predicted octanol–water partition coefficient (Wildman–Crippen LogP) is 2.30. The first kappa shape index (κ1) is 13.5. The zero-order valence-electron chi connectivity index (χ0n) is 9.99. The number of aliphatic hydroxyl groups is 1. The lowest BCUT2D eigenvalue weighted by atomic mass is 10.1. The molecule has 0 heterocycles. The standard InChI is InChI=1S/C13H17FN2O/c1-16(7-3-2-4-8-17)13-6-5-12(14)9-11(13)10-15/h5-6,9,17H,2-4,7-8H2,1H3. The second-order valence-corrected chi connectivity index (χ2v) is 3.98. The average molecular weight is 236 g/mol. The van der Waals surface area contributed by atoms with Gasteiger partial charge in [0.05, 0.1) is 11.3 Å². The van der Waals surface area contributed by atoms with Crippen molar-refractivity contribution < 1.29 is 9.50 Å². The Morgan fingerprint density at radius 3 is 2.76 bits per heavy atom. The summed E-state index contributed by atoms with van der Waals surface area (Å²) in [5.41, 5.74) is 1.10.